The summed E-state index contributed by atoms with van der Waals surface area (Å²) in [5.41, 5.74) is 0. The molecule has 0 aliphatic heterocycles. The van der Waals surface area contributed by atoms with Crippen molar-refractivity contribution >= 4 is 39.5 Å². The van der Waals surface area contributed by atoms with E-state index >= 15 is 0 Å². The summed E-state index contributed by atoms with van der Waals surface area (Å²) in [6, 6.07) is 0. The zero-order valence-electron chi connectivity index (χ0n) is 66.9. The molecule has 0 aliphatic rings. The minimum Gasteiger partial charge on any atom is -0.462 e. The number of esters is 4. The lowest BCUT2D eigenvalue weighted by Gasteiger charge is -2.21. The van der Waals surface area contributed by atoms with Crippen LogP contribution in [0, 0.1) is 5.92 Å². The average molecular weight is 1500 g/mol. The van der Waals surface area contributed by atoms with Crippen molar-refractivity contribution < 1.29 is 80.2 Å². The predicted molar refractivity (Wildman–Crippen MR) is 423 cm³/mol. The molecule has 0 aliphatic carbocycles. The van der Waals surface area contributed by atoms with Gasteiger partial charge in [-0.05, 0) is 57.3 Å². The Morgan fingerprint density at radius 2 is 0.544 bits per heavy atom. The molecule has 0 amide bonds. The molecule has 6 atom stereocenters. The van der Waals surface area contributed by atoms with E-state index in [2.05, 4.69) is 58.9 Å². The topological polar surface area (TPSA) is 237 Å². The number of unbranched alkanes of at least 4 members (excludes halogenated alkanes) is 50. The van der Waals surface area contributed by atoms with E-state index in [1.165, 1.54) is 238 Å². The van der Waals surface area contributed by atoms with Crippen LogP contribution in [0.2, 0.25) is 0 Å². The van der Waals surface area contributed by atoms with Crippen molar-refractivity contribution in [1.29, 1.82) is 0 Å². The standard InChI is InChI=1S/C84H160O17P2/c1-6-10-13-16-19-22-25-28-30-31-32-34-38-43-48-53-58-63-68-82(87)95-74-80(101-84(89)70-65-60-55-50-45-40-36-35-37-41-46-51-56-61-66-77(5)9-4)76-99-103(92,93)97-72-78(85)71-96-102(90,91)98-75-79(73-94-81(86)67-62-57-52-47-42-27-24-21-18-15-12-8-3)100-83(88)69-64-59-54-49-44-39-33-29-26-23-20-17-14-11-7-2/h23,26,29,33,77-80,85H,6-22,24-25,27-28,30-32,34-76H2,1-5H3,(H,90,91)(H,92,93)/b26-23-,33-29-/t77?,78-,79+,80+/m0/s1. The molecule has 0 aromatic rings. The molecule has 0 saturated carbocycles. The SMILES string of the molecule is CCCCCC/C=C\C=C/CCCCCCCC(=O)O[C@H](COC(=O)CCCCCCCCCCCCCC)COP(=O)(O)OC[C@H](O)COP(=O)(O)OC[C@@H](COC(=O)CCCCCCCCCCCCCCCCCCCC)OC(=O)CCCCCCCCCCCCCCCCC(C)CC. The van der Waals surface area contributed by atoms with E-state index in [-0.39, 0.29) is 25.7 Å². The molecule has 0 saturated heterocycles. The average Bonchev–Trinajstić information content (AvgIpc) is 1.07. The number of aliphatic hydroxyl groups is 1. The van der Waals surface area contributed by atoms with Gasteiger partial charge in [-0.25, -0.2) is 9.13 Å². The van der Waals surface area contributed by atoms with Gasteiger partial charge in [-0.3, -0.25) is 37.3 Å². The smallest absolute Gasteiger partial charge is 0.462 e. The van der Waals surface area contributed by atoms with E-state index in [1.807, 2.05) is 0 Å². The summed E-state index contributed by atoms with van der Waals surface area (Å²) in [4.78, 5) is 73.1. The van der Waals surface area contributed by atoms with Gasteiger partial charge >= 0.3 is 39.5 Å². The summed E-state index contributed by atoms with van der Waals surface area (Å²) in [5, 5.41) is 10.7. The summed E-state index contributed by atoms with van der Waals surface area (Å²) < 4.78 is 68.8. The lowest BCUT2D eigenvalue weighted by molar-refractivity contribution is -0.161. The van der Waals surface area contributed by atoms with Crippen LogP contribution in [0.5, 0.6) is 0 Å². The Balaban J connectivity index is 5.29. The largest absolute Gasteiger partial charge is 0.472 e. The summed E-state index contributed by atoms with van der Waals surface area (Å²) in [6.07, 6.45) is 71.4. The number of aliphatic hydroxyl groups excluding tert-OH is 1. The van der Waals surface area contributed by atoms with Gasteiger partial charge in [0.25, 0.3) is 0 Å². The lowest BCUT2D eigenvalue weighted by Crippen LogP contribution is -2.30. The zero-order valence-corrected chi connectivity index (χ0v) is 68.7. The third kappa shape index (κ3) is 76.1. The highest BCUT2D eigenvalue weighted by molar-refractivity contribution is 7.47. The Bertz CT molecular complexity index is 2060. The van der Waals surface area contributed by atoms with E-state index in [4.69, 9.17) is 37.0 Å². The first kappa shape index (κ1) is 101. The number of hydrogen-bond donors (Lipinski definition) is 3. The van der Waals surface area contributed by atoms with Crippen molar-refractivity contribution in [3.63, 3.8) is 0 Å². The number of rotatable bonds is 82. The molecule has 0 aromatic heterocycles. The molecule has 0 aromatic carbocycles. The van der Waals surface area contributed by atoms with Crippen molar-refractivity contribution in [2.45, 2.75) is 445 Å². The molecule has 19 heteroatoms. The van der Waals surface area contributed by atoms with Crippen molar-refractivity contribution in [2.75, 3.05) is 39.6 Å². The van der Waals surface area contributed by atoms with E-state index in [0.717, 1.165) is 109 Å². The Labute approximate surface area is 631 Å². The molecule has 0 heterocycles. The lowest BCUT2D eigenvalue weighted by atomic mass is 9.99. The number of phosphoric acid groups is 2. The van der Waals surface area contributed by atoms with Crippen LogP contribution in [-0.4, -0.2) is 96.7 Å². The fourth-order valence-electron chi connectivity index (χ4n) is 12.5. The van der Waals surface area contributed by atoms with Gasteiger partial charge in [0.05, 0.1) is 26.4 Å². The van der Waals surface area contributed by atoms with Crippen LogP contribution in [0.15, 0.2) is 24.3 Å². The molecule has 3 N–H and O–H groups in total. The number of carbonyl (C=O) groups excluding carboxylic acids is 4. The van der Waals surface area contributed by atoms with Crippen LogP contribution in [0.3, 0.4) is 0 Å². The minimum absolute atomic E-state index is 0.0858. The van der Waals surface area contributed by atoms with Gasteiger partial charge < -0.3 is 33.8 Å². The van der Waals surface area contributed by atoms with E-state index in [9.17, 15) is 43.2 Å². The third-order valence-electron chi connectivity index (χ3n) is 19.5. The monoisotopic (exact) mass is 1500 g/mol. The number of phosphoric ester groups is 2. The summed E-state index contributed by atoms with van der Waals surface area (Å²) in [5.74, 6) is -1.29. The second-order valence-electron chi connectivity index (χ2n) is 29.8. The van der Waals surface area contributed by atoms with Gasteiger partial charge in [-0.1, -0.05) is 374 Å². The number of ether oxygens (including phenoxy) is 4. The quantitative estimate of drug-likeness (QED) is 0.0169. The molecule has 608 valence electrons. The number of carbonyl (C=O) groups is 4. The Morgan fingerprint density at radius 1 is 0.311 bits per heavy atom. The first-order valence-corrected chi connectivity index (χ1v) is 46.0. The minimum atomic E-state index is -4.97. The highest BCUT2D eigenvalue weighted by Crippen LogP contribution is 2.45. The maximum absolute atomic E-state index is 13.1. The molecule has 3 unspecified atom stereocenters. The summed E-state index contributed by atoms with van der Waals surface area (Å²) >= 11 is 0. The fraction of sp³-hybridized carbons (Fsp3) is 0.905. The first-order chi connectivity index (χ1) is 50.1. The molecular formula is C84H160O17P2. The number of hydrogen-bond acceptors (Lipinski definition) is 15. The molecule has 103 heavy (non-hydrogen) atoms. The van der Waals surface area contributed by atoms with Crippen LogP contribution in [0.4, 0.5) is 0 Å². The van der Waals surface area contributed by atoms with Crippen molar-refractivity contribution in [3.05, 3.63) is 24.3 Å². The number of allylic oxidation sites excluding steroid dienone is 4. The molecular weight excluding hydrogens is 1340 g/mol. The van der Waals surface area contributed by atoms with Crippen LogP contribution in [-0.2, 0) is 65.4 Å². The predicted octanol–water partition coefficient (Wildman–Crippen LogP) is 25.1. The Kier molecular flexibility index (Phi) is 74.5. The summed E-state index contributed by atoms with van der Waals surface area (Å²) in [7, 11) is -9.94. The van der Waals surface area contributed by atoms with Gasteiger partial charge in [0.15, 0.2) is 12.2 Å². The van der Waals surface area contributed by atoms with E-state index in [0.29, 0.717) is 25.7 Å². The maximum Gasteiger partial charge on any atom is 0.472 e. The van der Waals surface area contributed by atoms with Gasteiger partial charge in [-0.15, -0.1) is 0 Å². The van der Waals surface area contributed by atoms with Crippen molar-refractivity contribution in [2.24, 2.45) is 5.92 Å². The fourth-order valence-corrected chi connectivity index (χ4v) is 14.1. The molecule has 0 fully saturated rings. The molecule has 0 radical (unpaired) electrons. The molecule has 17 nitrogen and oxygen atoms in total. The van der Waals surface area contributed by atoms with Crippen molar-refractivity contribution in [3.8, 4) is 0 Å². The van der Waals surface area contributed by atoms with E-state index in [1.54, 1.807) is 0 Å². The maximum atomic E-state index is 13.1. The normalized spacial score (nSPS) is 14.2. The Morgan fingerprint density at radius 3 is 0.825 bits per heavy atom. The second kappa shape index (κ2) is 76.3. The zero-order chi connectivity index (χ0) is 75.5. The van der Waals surface area contributed by atoms with Gasteiger partial charge in [0.1, 0.15) is 19.3 Å². The van der Waals surface area contributed by atoms with Crippen molar-refractivity contribution in [1.82, 2.24) is 0 Å². The van der Waals surface area contributed by atoms with Crippen LogP contribution in [0.25, 0.3) is 0 Å². The van der Waals surface area contributed by atoms with Crippen LogP contribution < -0.4 is 0 Å². The van der Waals surface area contributed by atoms with Gasteiger partial charge in [0.2, 0.25) is 0 Å². The van der Waals surface area contributed by atoms with Gasteiger partial charge in [0, 0.05) is 25.7 Å². The summed E-state index contributed by atoms with van der Waals surface area (Å²) in [6.45, 7) is 7.34. The van der Waals surface area contributed by atoms with E-state index < -0.39 is 97.5 Å². The molecule has 0 spiro atoms. The second-order valence-corrected chi connectivity index (χ2v) is 32.7. The Hall–Kier alpha value is -2.46. The highest BCUT2D eigenvalue weighted by Gasteiger charge is 2.30. The molecule has 0 bridgehead atoms. The highest BCUT2D eigenvalue weighted by atomic mass is 31.2. The first-order valence-electron chi connectivity index (χ1n) is 43.0. The van der Waals surface area contributed by atoms with Crippen LogP contribution >= 0.6 is 15.6 Å². The van der Waals surface area contributed by atoms with Gasteiger partial charge in [-0.2, -0.15) is 0 Å². The third-order valence-corrected chi connectivity index (χ3v) is 21.4. The van der Waals surface area contributed by atoms with Crippen LogP contribution in [0.1, 0.15) is 426 Å². The molecule has 0 rings (SSSR count).